The summed E-state index contributed by atoms with van der Waals surface area (Å²) in [6.07, 6.45) is 0. The first kappa shape index (κ1) is 13.9. The standard InChI is InChI=1S/C14H7Cl2NO4/c1-5(18)17-12-9-6-3-2-4-7(15)8(6)11(16)10(12)14(20)21-13(9)19/h2-4H,1H3,(H,17,18). The normalized spacial score (nSPS) is 13.3. The third-order valence-electron chi connectivity index (χ3n) is 3.12. The third kappa shape index (κ3) is 1.97. The van der Waals surface area contributed by atoms with Crippen LogP contribution in [0.2, 0.25) is 10.0 Å². The number of carbonyl (C=O) groups is 3. The number of ether oxygens (including phenoxy) is 1. The van der Waals surface area contributed by atoms with Crippen LogP contribution in [-0.2, 0) is 9.53 Å². The van der Waals surface area contributed by atoms with Gasteiger partial charge in [-0.05, 0) is 6.07 Å². The molecule has 2 aromatic rings. The quantitative estimate of drug-likeness (QED) is 0.644. The lowest BCUT2D eigenvalue weighted by Gasteiger charge is -2.22. The Balaban J connectivity index is 2.54. The molecule has 0 fully saturated rings. The van der Waals surface area contributed by atoms with E-state index in [1.165, 1.54) is 6.92 Å². The topological polar surface area (TPSA) is 72.5 Å². The molecule has 0 spiro atoms. The largest absolute Gasteiger partial charge is 0.386 e. The van der Waals surface area contributed by atoms with E-state index in [4.69, 9.17) is 23.2 Å². The molecule has 1 aliphatic rings. The van der Waals surface area contributed by atoms with E-state index in [2.05, 4.69) is 10.1 Å². The molecule has 1 amide bonds. The second kappa shape index (κ2) is 4.72. The van der Waals surface area contributed by atoms with E-state index >= 15 is 0 Å². The molecule has 0 radical (unpaired) electrons. The first-order chi connectivity index (χ1) is 9.91. The lowest BCUT2D eigenvalue weighted by molar-refractivity contribution is -0.114. The fourth-order valence-electron chi connectivity index (χ4n) is 2.34. The fraction of sp³-hybridized carbons (Fsp3) is 0.0714. The van der Waals surface area contributed by atoms with Gasteiger partial charge in [0, 0.05) is 22.7 Å². The zero-order chi connectivity index (χ0) is 15.3. The van der Waals surface area contributed by atoms with Crippen LogP contribution in [0.4, 0.5) is 5.69 Å². The second-order valence-corrected chi connectivity index (χ2v) is 5.24. The average molecular weight is 324 g/mol. The van der Waals surface area contributed by atoms with Gasteiger partial charge >= 0.3 is 11.9 Å². The predicted octanol–water partition coefficient (Wildman–Crippen LogP) is 3.42. The number of carbonyl (C=O) groups excluding carboxylic acids is 3. The summed E-state index contributed by atoms with van der Waals surface area (Å²) < 4.78 is 4.66. The molecular weight excluding hydrogens is 317 g/mol. The first-order valence-electron chi connectivity index (χ1n) is 5.89. The van der Waals surface area contributed by atoms with Gasteiger partial charge in [-0.25, -0.2) is 9.59 Å². The van der Waals surface area contributed by atoms with Gasteiger partial charge in [-0.15, -0.1) is 0 Å². The van der Waals surface area contributed by atoms with Crippen molar-refractivity contribution in [1.82, 2.24) is 0 Å². The van der Waals surface area contributed by atoms with Crippen LogP contribution in [-0.4, -0.2) is 17.8 Å². The van der Waals surface area contributed by atoms with Gasteiger partial charge in [-0.3, -0.25) is 4.79 Å². The summed E-state index contributed by atoms with van der Waals surface area (Å²) in [5.74, 6) is -2.19. The molecule has 0 atom stereocenters. The minimum absolute atomic E-state index is 0.0422. The molecule has 7 heteroatoms. The molecule has 1 aliphatic heterocycles. The van der Waals surface area contributed by atoms with Crippen molar-refractivity contribution in [2.75, 3.05) is 5.32 Å². The number of anilines is 1. The number of rotatable bonds is 1. The zero-order valence-corrected chi connectivity index (χ0v) is 12.1. The van der Waals surface area contributed by atoms with Crippen LogP contribution >= 0.6 is 23.2 Å². The third-order valence-corrected chi connectivity index (χ3v) is 3.81. The minimum atomic E-state index is -0.914. The van der Waals surface area contributed by atoms with Crippen molar-refractivity contribution in [3.8, 4) is 0 Å². The number of benzene rings is 2. The molecule has 0 saturated carbocycles. The Hall–Kier alpha value is -2.11. The smallest absolute Gasteiger partial charge is 0.349 e. The molecule has 0 aromatic heterocycles. The van der Waals surface area contributed by atoms with Crippen molar-refractivity contribution in [2.45, 2.75) is 6.92 Å². The van der Waals surface area contributed by atoms with Crippen LogP contribution in [0.25, 0.3) is 10.8 Å². The van der Waals surface area contributed by atoms with E-state index in [-0.39, 0.29) is 21.8 Å². The van der Waals surface area contributed by atoms with Gasteiger partial charge in [0.15, 0.2) is 0 Å². The maximum atomic E-state index is 12.0. The lowest BCUT2D eigenvalue weighted by Crippen LogP contribution is -2.25. The van der Waals surface area contributed by atoms with E-state index < -0.39 is 17.8 Å². The van der Waals surface area contributed by atoms with Gasteiger partial charge in [0.2, 0.25) is 5.91 Å². The van der Waals surface area contributed by atoms with Gasteiger partial charge in [-0.2, -0.15) is 0 Å². The van der Waals surface area contributed by atoms with E-state index in [1.807, 2.05) is 0 Å². The van der Waals surface area contributed by atoms with Gasteiger partial charge < -0.3 is 10.1 Å². The number of nitrogens with one attached hydrogen (secondary N) is 1. The molecule has 106 valence electrons. The van der Waals surface area contributed by atoms with Crippen LogP contribution in [0.15, 0.2) is 18.2 Å². The monoisotopic (exact) mass is 323 g/mol. The summed E-state index contributed by atoms with van der Waals surface area (Å²) in [6.45, 7) is 1.26. The predicted molar refractivity (Wildman–Crippen MR) is 78.0 cm³/mol. The highest BCUT2D eigenvalue weighted by atomic mass is 35.5. The van der Waals surface area contributed by atoms with Crippen LogP contribution in [0.3, 0.4) is 0 Å². The summed E-state index contributed by atoms with van der Waals surface area (Å²) in [5, 5.41) is 3.61. The second-order valence-electron chi connectivity index (χ2n) is 4.46. The van der Waals surface area contributed by atoms with Crippen molar-refractivity contribution in [1.29, 1.82) is 0 Å². The molecule has 0 saturated heterocycles. The van der Waals surface area contributed by atoms with Gasteiger partial charge in [0.25, 0.3) is 0 Å². The molecule has 5 nitrogen and oxygen atoms in total. The molecule has 21 heavy (non-hydrogen) atoms. The number of cyclic esters (lactones) is 2. The Morgan fingerprint density at radius 2 is 1.81 bits per heavy atom. The van der Waals surface area contributed by atoms with Crippen LogP contribution in [0.1, 0.15) is 27.6 Å². The Morgan fingerprint density at radius 3 is 2.48 bits per heavy atom. The Bertz CT molecular complexity index is 845. The number of esters is 2. The van der Waals surface area contributed by atoms with Gasteiger partial charge in [-0.1, -0.05) is 35.3 Å². The first-order valence-corrected chi connectivity index (χ1v) is 6.65. The number of hydrogen-bond acceptors (Lipinski definition) is 4. The number of hydrogen-bond donors (Lipinski definition) is 1. The van der Waals surface area contributed by atoms with E-state index in [9.17, 15) is 14.4 Å². The molecular formula is C14H7Cl2NO4. The maximum Gasteiger partial charge on any atom is 0.349 e. The van der Waals surface area contributed by atoms with Gasteiger partial charge in [0.1, 0.15) is 5.56 Å². The maximum absolute atomic E-state index is 12.0. The highest BCUT2D eigenvalue weighted by molar-refractivity contribution is 6.46. The zero-order valence-electron chi connectivity index (χ0n) is 10.6. The molecule has 1 heterocycles. The lowest BCUT2D eigenvalue weighted by atomic mass is 9.95. The van der Waals surface area contributed by atoms with Crippen LogP contribution in [0.5, 0.6) is 0 Å². The molecule has 1 N–H and O–H groups in total. The van der Waals surface area contributed by atoms with Crippen LogP contribution < -0.4 is 5.32 Å². The highest BCUT2D eigenvalue weighted by Crippen LogP contribution is 2.43. The summed E-state index contributed by atoms with van der Waals surface area (Å²) in [6, 6.07) is 4.85. The number of halogens is 2. The summed E-state index contributed by atoms with van der Waals surface area (Å²) in [4.78, 5) is 35.3. The van der Waals surface area contributed by atoms with E-state index in [1.54, 1.807) is 18.2 Å². The van der Waals surface area contributed by atoms with E-state index in [0.717, 1.165) is 0 Å². The fourth-order valence-corrected chi connectivity index (χ4v) is 3.03. The summed E-state index contributed by atoms with van der Waals surface area (Å²) in [7, 11) is 0. The van der Waals surface area contributed by atoms with E-state index in [0.29, 0.717) is 15.8 Å². The SMILES string of the molecule is CC(=O)Nc1c2c(Cl)c3c(Cl)cccc3c1C(=O)OC2=O. The number of fused-ring (bicyclic) bond motifs is 4. The molecule has 2 bridgehead atoms. The van der Waals surface area contributed by atoms with Crippen molar-refractivity contribution >= 4 is 57.5 Å². The molecule has 0 unspecified atom stereocenters. The van der Waals surface area contributed by atoms with Crippen molar-refractivity contribution in [3.05, 3.63) is 39.4 Å². The number of amides is 1. The summed E-state index contributed by atoms with van der Waals surface area (Å²) >= 11 is 12.3. The van der Waals surface area contributed by atoms with Crippen molar-refractivity contribution in [3.63, 3.8) is 0 Å². The Labute approximate surface area is 128 Å². The van der Waals surface area contributed by atoms with Crippen molar-refractivity contribution in [2.24, 2.45) is 0 Å². The molecule has 2 aromatic carbocycles. The molecule has 3 rings (SSSR count). The van der Waals surface area contributed by atoms with Gasteiger partial charge in [0.05, 0.1) is 16.3 Å². The van der Waals surface area contributed by atoms with Crippen molar-refractivity contribution < 1.29 is 19.1 Å². The average Bonchev–Trinajstić information content (AvgIpc) is 2.36. The highest BCUT2D eigenvalue weighted by Gasteiger charge is 2.35. The Kier molecular flexibility index (Phi) is 3.11. The molecule has 0 aliphatic carbocycles. The minimum Gasteiger partial charge on any atom is -0.386 e. The van der Waals surface area contributed by atoms with Crippen LogP contribution in [0, 0.1) is 0 Å². The Morgan fingerprint density at radius 1 is 1.14 bits per heavy atom. The summed E-state index contributed by atoms with van der Waals surface area (Å²) in [5.41, 5.74) is 0.0623.